The lowest BCUT2D eigenvalue weighted by molar-refractivity contribution is 0.0123. The summed E-state index contributed by atoms with van der Waals surface area (Å²) < 4.78 is 25.1. The molecule has 0 aliphatic heterocycles. The van der Waals surface area contributed by atoms with E-state index in [-0.39, 0.29) is 12.8 Å². The first-order valence-corrected chi connectivity index (χ1v) is 3.20. The fourth-order valence-corrected chi connectivity index (χ4v) is 1.37. The lowest BCUT2D eigenvalue weighted by atomic mass is 10.2. The first-order valence-electron chi connectivity index (χ1n) is 3.20. The number of halogens is 2. The Morgan fingerprint density at radius 3 is 2.90 bits per heavy atom. The number of H-pyrrole nitrogens is 1. The van der Waals surface area contributed by atoms with Crippen LogP contribution in [-0.2, 0) is 12.8 Å². The molecule has 1 heterocycles. The fourth-order valence-electron chi connectivity index (χ4n) is 1.37. The molecule has 0 bridgehead atoms. The van der Waals surface area contributed by atoms with E-state index in [1.54, 1.807) is 12.3 Å². The van der Waals surface area contributed by atoms with Crippen LogP contribution in [0, 0.1) is 0 Å². The molecule has 0 spiro atoms. The van der Waals surface area contributed by atoms with E-state index in [1.165, 1.54) is 0 Å². The summed E-state index contributed by atoms with van der Waals surface area (Å²) in [5.74, 6) is -2.50. The smallest absolute Gasteiger partial charge is 0.257 e. The Morgan fingerprint density at radius 2 is 2.20 bits per heavy atom. The van der Waals surface area contributed by atoms with Crippen LogP contribution in [0.4, 0.5) is 8.78 Å². The van der Waals surface area contributed by atoms with E-state index in [1.807, 2.05) is 0 Å². The van der Waals surface area contributed by atoms with E-state index in [0.29, 0.717) is 5.69 Å². The van der Waals surface area contributed by atoms with Gasteiger partial charge in [-0.25, -0.2) is 8.78 Å². The predicted octanol–water partition coefficient (Wildman–Crippen LogP) is 1.75. The van der Waals surface area contributed by atoms with Gasteiger partial charge in [-0.2, -0.15) is 0 Å². The highest BCUT2D eigenvalue weighted by atomic mass is 19.3. The lowest BCUT2D eigenvalue weighted by Crippen LogP contribution is -2.15. The van der Waals surface area contributed by atoms with Crippen LogP contribution in [0.3, 0.4) is 0 Å². The topological polar surface area (TPSA) is 15.8 Å². The fraction of sp³-hybridized carbons (Fsp3) is 0.429. The summed E-state index contributed by atoms with van der Waals surface area (Å²) in [7, 11) is 0. The SMILES string of the molecule is FC1(F)Cc2cc[nH]c2C1. The number of rotatable bonds is 0. The second-order valence-corrected chi connectivity index (χ2v) is 2.69. The van der Waals surface area contributed by atoms with Gasteiger partial charge in [0.05, 0.1) is 6.42 Å². The van der Waals surface area contributed by atoms with Gasteiger partial charge in [-0.1, -0.05) is 0 Å². The molecule has 0 radical (unpaired) electrons. The molecule has 0 amide bonds. The molecule has 1 aliphatic carbocycles. The number of aromatic amines is 1. The number of nitrogens with one attached hydrogen (secondary N) is 1. The highest BCUT2D eigenvalue weighted by Gasteiger charge is 2.37. The molecule has 1 aromatic rings. The van der Waals surface area contributed by atoms with E-state index in [2.05, 4.69) is 4.98 Å². The van der Waals surface area contributed by atoms with Crippen molar-refractivity contribution < 1.29 is 8.78 Å². The van der Waals surface area contributed by atoms with Gasteiger partial charge in [0.15, 0.2) is 0 Å². The Hall–Kier alpha value is -0.860. The molecule has 54 valence electrons. The van der Waals surface area contributed by atoms with Crippen molar-refractivity contribution in [2.45, 2.75) is 18.8 Å². The van der Waals surface area contributed by atoms with Gasteiger partial charge in [0.1, 0.15) is 0 Å². The Morgan fingerprint density at radius 1 is 1.40 bits per heavy atom. The van der Waals surface area contributed by atoms with Crippen LogP contribution in [0.25, 0.3) is 0 Å². The van der Waals surface area contributed by atoms with Gasteiger partial charge in [-0.3, -0.25) is 0 Å². The third-order valence-electron chi connectivity index (χ3n) is 1.81. The number of fused-ring (bicyclic) bond motifs is 1. The van der Waals surface area contributed by atoms with Crippen LogP contribution >= 0.6 is 0 Å². The third-order valence-corrected chi connectivity index (χ3v) is 1.81. The van der Waals surface area contributed by atoms with Crippen molar-refractivity contribution in [2.75, 3.05) is 0 Å². The summed E-state index contributed by atoms with van der Waals surface area (Å²) in [6, 6.07) is 1.72. The Balaban J connectivity index is 2.37. The lowest BCUT2D eigenvalue weighted by Gasteiger charge is -2.04. The van der Waals surface area contributed by atoms with Crippen LogP contribution < -0.4 is 0 Å². The Bertz CT molecular complexity index is 229. The van der Waals surface area contributed by atoms with Gasteiger partial charge in [0.2, 0.25) is 0 Å². The van der Waals surface area contributed by atoms with Gasteiger partial charge >= 0.3 is 0 Å². The predicted molar refractivity (Wildman–Crippen MR) is 33.1 cm³/mol. The number of hydrogen-bond donors (Lipinski definition) is 1. The monoisotopic (exact) mass is 143 g/mol. The quantitative estimate of drug-likeness (QED) is 0.569. The molecule has 3 heteroatoms. The van der Waals surface area contributed by atoms with E-state index >= 15 is 0 Å². The largest absolute Gasteiger partial charge is 0.365 e. The van der Waals surface area contributed by atoms with Crippen molar-refractivity contribution in [3.8, 4) is 0 Å². The minimum absolute atomic E-state index is 0.0914. The van der Waals surface area contributed by atoms with E-state index in [0.717, 1.165) is 5.56 Å². The summed E-state index contributed by atoms with van der Waals surface area (Å²) in [5.41, 5.74) is 1.47. The van der Waals surface area contributed by atoms with Crippen LogP contribution in [0.2, 0.25) is 0 Å². The second kappa shape index (κ2) is 1.59. The van der Waals surface area contributed by atoms with E-state index < -0.39 is 5.92 Å². The highest BCUT2D eigenvalue weighted by Crippen LogP contribution is 2.32. The van der Waals surface area contributed by atoms with Crippen molar-refractivity contribution >= 4 is 0 Å². The van der Waals surface area contributed by atoms with Gasteiger partial charge < -0.3 is 4.98 Å². The third kappa shape index (κ3) is 0.735. The first-order chi connectivity index (χ1) is 4.67. The van der Waals surface area contributed by atoms with Crippen LogP contribution in [0.5, 0.6) is 0 Å². The molecular weight excluding hydrogens is 136 g/mol. The summed E-state index contributed by atoms with van der Waals surface area (Å²) in [5, 5.41) is 0. The maximum atomic E-state index is 12.6. The average molecular weight is 143 g/mol. The van der Waals surface area contributed by atoms with Crippen molar-refractivity contribution in [1.82, 2.24) is 4.98 Å². The molecule has 1 aromatic heterocycles. The maximum absolute atomic E-state index is 12.6. The summed E-state index contributed by atoms with van der Waals surface area (Å²) in [6.45, 7) is 0. The molecule has 2 rings (SSSR count). The van der Waals surface area contributed by atoms with E-state index in [9.17, 15) is 8.78 Å². The number of alkyl halides is 2. The number of hydrogen-bond acceptors (Lipinski definition) is 0. The van der Waals surface area contributed by atoms with Gasteiger partial charge in [0.25, 0.3) is 5.92 Å². The minimum Gasteiger partial charge on any atom is -0.365 e. The molecule has 0 aromatic carbocycles. The summed E-state index contributed by atoms with van der Waals surface area (Å²) in [6.07, 6.45) is 1.50. The zero-order valence-corrected chi connectivity index (χ0v) is 5.32. The average Bonchev–Trinajstić information content (AvgIpc) is 2.20. The van der Waals surface area contributed by atoms with Gasteiger partial charge in [0, 0.05) is 18.3 Å². The molecule has 1 N–H and O–H groups in total. The molecule has 1 aliphatic rings. The summed E-state index contributed by atoms with van der Waals surface area (Å²) in [4.78, 5) is 2.79. The number of aromatic nitrogens is 1. The van der Waals surface area contributed by atoms with Crippen molar-refractivity contribution in [1.29, 1.82) is 0 Å². The van der Waals surface area contributed by atoms with Crippen molar-refractivity contribution in [3.63, 3.8) is 0 Å². The van der Waals surface area contributed by atoms with Crippen LogP contribution in [0.1, 0.15) is 11.3 Å². The molecule has 0 fully saturated rings. The van der Waals surface area contributed by atoms with Gasteiger partial charge in [-0.15, -0.1) is 0 Å². The maximum Gasteiger partial charge on any atom is 0.257 e. The molecule has 0 saturated carbocycles. The normalized spacial score (nSPS) is 21.0. The van der Waals surface area contributed by atoms with Crippen LogP contribution in [-0.4, -0.2) is 10.9 Å². The molecule has 10 heavy (non-hydrogen) atoms. The zero-order valence-electron chi connectivity index (χ0n) is 5.32. The van der Waals surface area contributed by atoms with Crippen LogP contribution in [0.15, 0.2) is 12.3 Å². The Labute approximate surface area is 57.1 Å². The van der Waals surface area contributed by atoms with Crippen molar-refractivity contribution in [2.24, 2.45) is 0 Å². The molecule has 0 unspecified atom stereocenters. The second-order valence-electron chi connectivity index (χ2n) is 2.69. The van der Waals surface area contributed by atoms with E-state index in [4.69, 9.17) is 0 Å². The minimum atomic E-state index is -2.50. The Kier molecular flexibility index (Phi) is 0.938. The van der Waals surface area contributed by atoms with Crippen molar-refractivity contribution in [3.05, 3.63) is 23.5 Å². The first kappa shape index (κ1) is 5.89. The molecule has 0 atom stereocenters. The molecule has 0 saturated heterocycles. The standard InChI is InChI=1S/C7H7F2N/c8-7(9)3-5-1-2-10-6(5)4-7/h1-2,10H,3-4H2. The highest BCUT2D eigenvalue weighted by molar-refractivity contribution is 5.28. The summed E-state index contributed by atoms with van der Waals surface area (Å²) >= 11 is 0. The zero-order chi connectivity index (χ0) is 7.19. The van der Waals surface area contributed by atoms with Gasteiger partial charge in [-0.05, 0) is 11.6 Å². The molecular formula is C7H7F2N. The molecule has 1 nitrogen and oxygen atoms in total.